The van der Waals surface area contributed by atoms with Gasteiger partial charge in [0.1, 0.15) is 18.2 Å². The van der Waals surface area contributed by atoms with Gasteiger partial charge in [-0.1, -0.05) is 26.8 Å². The number of aryl methyl sites for hydroxylation is 1. The van der Waals surface area contributed by atoms with Crippen LogP contribution in [0.25, 0.3) is 10.9 Å². The number of piperazine rings is 1. The molecular weight excluding hydrogens is 628 g/mol. The van der Waals surface area contributed by atoms with Gasteiger partial charge in [0.2, 0.25) is 5.95 Å². The molecule has 2 N–H and O–H groups in total. The van der Waals surface area contributed by atoms with E-state index in [2.05, 4.69) is 41.2 Å². The molecule has 3 aromatic rings. The van der Waals surface area contributed by atoms with E-state index in [-0.39, 0.29) is 30.0 Å². The normalized spacial score (nSPS) is 26.8. The van der Waals surface area contributed by atoms with E-state index in [1.54, 1.807) is 22.8 Å². The minimum atomic E-state index is -0.441. The number of aliphatic imine (C=N–C) groups is 1. The second kappa shape index (κ2) is 13.9. The van der Waals surface area contributed by atoms with E-state index in [4.69, 9.17) is 19.5 Å². The van der Waals surface area contributed by atoms with Gasteiger partial charge in [-0.15, -0.1) is 0 Å². The van der Waals surface area contributed by atoms with Gasteiger partial charge >= 0.3 is 0 Å². The van der Waals surface area contributed by atoms with Gasteiger partial charge in [0.15, 0.2) is 5.96 Å². The van der Waals surface area contributed by atoms with Gasteiger partial charge in [-0.3, -0.25) is 9.36 Å². The van der Waals surface area contributed by atoms with E-state index < -0.39 is 6.67 Å². The molecule has 5 aliphatic rings. The molecule has 3 heterocycles. The largest absolute Gasteiger partial charge is 0.497 e. The molecule has 2 aromatic carbocycles. The number of hydrogen-bond acceptors (Lipinski definition) is 7. The van der Waals surface area contributed by atoms with Gasteiger partial charge < -0.3 is 29.9 Å². The fourth-order valence-corrected chi connectivity index (χ4v) is 8.48. The first kappa shape index (κ1) is 33.7. The molecule has 264 valence electrons. The lowest BCUT2D eigenvalue weighted by Gasteiger charge is -2.61. The van der Waals surface area contributed by atoms with Gasteiger partial charge in [-0.2, -0.15) is 0 Å². The highest BCUT2D eigenvalue weighted by Gasteiger charge is 2.56. The molecule has 8 rings (SSSR count). The Kier molecular flexibility index (Phi) is 9.54. The summed E-state index contributed by atoms with van der Waals surface area (Å²) in [5, 5.41) is 7.35. The fraction of sp³-hybridized carbons (Fsp3) is 0.595. The highest BCUT2D eigenvalue weighted by atomic mass is 19.1. The summed E-state index contributed by atoms with van der Waals surface area (Å²) >= 11 is 0. The van der Waals surface area contributed by atoms with E-state index in [0.29, 0.717) is 104 Å². The Bertz CT molecular complexity index is 1760. The Morgan fingerprint density at radius 3 is 2.69 bits per heavy atom. The zero-order valence-corrected chi connectivity index (χ0v) is 29.1. The number of guanidine groups is 1. The Morgan fingerprint density at radius 1 is 1.16 bits per heavy atom. The number of hydrogen-bond donors (Lipinski definition) is 2. The quantitative estimate of drug-likeness (QED) is 0.262. The maximum absolute atomic E-state index is 14.8. The molecule has 12 heteroatoms. The van der Waals surface area contributed by atoms with Crippen LogP contribution in [0.3, 0.4) is 0 Å². The number of morpholine rings is 1. The molecule has 5 fully saturated rings. The molecule has 0 amide bonds. The van der Waals surface area contributed by atoms with Crippen molar-refractivity contribution in [3.05, 3.63) is 58.1 Å². The van der Waals surface area contributed by atoms with Crippen molar-refractivity contribution in [3.8, 4) is 5.75 Å². The molecule has 3 saturated carbocycles. The summed E-state index contributed by atoms with van der Waals surface area (Å²) in [6, 6.07) is 10.3. The minimum Gasteiger partial charge on any atom is -0.497 e. The Balaban J connectivity index is 1.21. The summed E-state index contributed by atoms with van der Waals surface area (Å²) < 4.78 is 41.1. The summed E-state index contributed by atoms with van der Waals surface area (Å²) in [7, 11) is 1.50. The van der Waals surface area contributed by atoms with Crippen LogP contribution in [0.2, 0.25) is 0 Å². The van der Waals surface area contributed by atoms with Crippen LogP contribution >= 0.6 is 0 Å². The van der Waals surface area contributed by atoms with Crippen LogP contribution in [0.1, 0.15) is 39.2 Å². The lowest BCUT2D eigenvalue weighted by Crippen LogP contribution is -2.58. The molecule has 1 aromatic heterocycles. The maximum atomic E-state index is 14.8. The third kappa shape index (κ3) is 6.61. The van der Waals surface area contributed by atoms with Crippen LogP contribution in [0, 0.1) is 29.0 Å². The first-order valence-electron chi connectivity index (χ1n) is 17.7. The van der Waals surface area contributed by atoms with Crippen molar-refractivity contribution in [1.82, 2.24) is 19.8 Å². The number of nitrogens with zero attached hydrogens (tertiary/aromatic N) is 5. The molecule has 3 aliphatic carbocycles. The van der Waals surface area contributed by atoms with Gasteiger partial charge in [-0.05, 0) is 72.3 Å². The lowest BCUT2D eigenvalue weighted by molar-refractivity contribution is -0.108. The van der Waals surface area contributed by atoms with Crippen LogP contribution in [0.15, 0.2) is 46.2 Å². The zero-order valence-electron chi connectivity index (χ0n) is 29.1. The predicted octanol–water partition coefficient (Wildman–Crippen LogP) is 4.71. The Hall–Kier alpha value is -3.77. The molecule has 10 nitrogen and oxygen atoms in total. The van der Waals surface area contributed by atoms with Crippen molar-refractivity contribution in [2.75, 3.05) is 69.9 Å². The van der Waals surface area contributed by atoms with E-state index in [0.717, 1.165) is 18.1 Å². The number of methoxy groups -OCH3 is 1. The van der Waals surface area contributed by atoms with Crippen molar-refractivity contribution < 1.29 is 18.3 Å². The summed E-state index contributed by atoms with van der Waals surface area (Å²) in [6.07, 6.45) is 2.65. The first-order valence-corrected chi connectivity index (χ1v) is 17.7. The second-order valence-electron chi connectivity index (χ2n) is 14.8. The van der Waals surface area contributed by atoms with Crippen molar-refractivity contribution in [2.24, 2.45) is 28.2 Å². The van der Waals surface area contributed by atoms with Gasteiger partial charge in [-0.25, -0.2) is 18.8 Å². The number of aromatic nitrogens is 2. The van der Waals surface area contributed by atoms with Crippen LogP contribution in [0.4, 0.5) is 20.4 Å². The number of anilines is 2. The Morgan fingerprint density at radius 2 is 1.98 bits per heavy atom. The molecule has 0 radical (unpaired) electrons. The van der Waals surface area contributed by atoms with Crippen LogP contribution < -0.4 is 25.8 Å². The van der Waals surface area contributed by atoms with Crippen molar-refractivity contribution >= 4 is 28.5 Å². The van der Waals surface area contributed by atoms with E-state index in [1.807, 2.05) is 12.1 Å². The third-order valence-electron chi connectivity index (χ3n) is 11.7. The number of rotatable bonds is 8. The van der Waals surface area contributed by atoms with Gasteiger partial charge in [0.25, 0.3) is 5.56 Å². The van der Waals surface area contributed by atoms with Gasteiger partial charge in [0, 0.05) is 51.0 Å². The fourth-order valence-electron chi connectivity index (χ4n) is 8.48. The minimum absolute atomic E-state index is 0.174. The van der Waals surface area contributed by atoms with Crippen LogP contribution in [-0.4, -0.2) is 92.2 Å². The SMILES string of the molecule is COc1ccc(CCn2c(N3CCOCC3)nc3cc(NC(=N[C@H]4C[C@@H]5C[C@H]([C@@H]4C)C5(C)C)N4CCN[C@@H](CF)C4)ccc3c2=O)c(F)c1. The average molecular weight is 678 g/mol. The number of ether oxygens (including phenoxy) is 2. The number of alkyl halides is 1. The standard InChI is InChI=1S/C37H49F2N7O3/c1-23-30-17-25(37(30,2)3)18-32(23)42-35(45-12-10-40-27(21-38)22-45)41-26-6-8-29-33(19-26)43-36(44-13-15-49-16-14-44)46(34(29)47)11-9-24-5-7-28(48-4)20-31(24)39/h5-8,19-20,23,25,27,30,32,40H,9-18,21-22H2,1-4H3,(H,41,42)/t23-,25-,27-,30+,32-/m0/s1. The number of nitrogens with one attached hydrogen (secondary N) is 2. The molecule has 0 spiro atoms. The number of fused-ring (bicyclic) bond motifs is 3. The average Bonchev–Trinajstić information content (AvgIpc) is 3.12. The highest BCUT2D eigenvalue weighted by molar-refractivity contribution is 5.96. The topological polar surface area (TPSA) is 96.2 Å². The van der Waals surface area contributed by atoms with E-state index >= 15 is 0 Å². The zero-order chi connectivity index (χ0) is 34.3. The summed E-state index contributed by atoms with van der Waals surface area (Å²) in [4.78, 5) is 28.7. The summed E-state index contributed by atoms with van der Waals surface area (Å²) in [5.74, 6) is 3.14. The smallest absolute Gasteiger partial charge is 0.262 e. The Labute approximate surface area is 286 Å². The molecule has 49 heavy (non-hydrogen) atoms. The molecule has 5 atom stereocenters. The van der Waals surface area contributed by atoms with Crippen molar-refractivity contribution in [3.63, 3.8) is 0 Å². The first-order chi connectivity index (χ1) is 23.7. The summed E-state index contributed by atoms with van der Waals surface area (Å²) in [6.45, 7) is 11.1. The number of halogens is 2. The molecule has 2 bridgehead atoms. The summed E-state index contributed by atoms with van der Waals surface area (Å²) in [5.41, 5.74) is 2.02. The molecule has 0 unspecified atom stereocenters. The van der Waals surface area contributed by atoms with Crippen molar-refractivity contribution in [2.45, 2.75) is 58.7 Å². The van der Waals surface area contributed by atoms with Gasteiger partial charge in [0.05, 0.1) is 43.3 Å². The highest BCUT2D eigenvalue weighted by Crippen LogP contribution is 2.61. The number of benzene rings is 2. The van der Waals surface area contributed by atoms with E-state index in [1.165, 1.54) is 19.6 Å². The lowest BCUT2D eigenvalue weighted by atomic mass is 9.45. The second-order valence-corrected chi connectivity index (χ2v) is 14.8. The maximum Gasteiger partial charge on any atom is 0.262 e. The van der Waals surface area contributed by atoms with E-state index in [9.17, 15) is 13.6 Å². The van der Waals surface area contributed by atoms with Crippen LogP contribution in [0.5, 0.6) is 5.75 Å². The molecular formula is C37H49F2N7O3. The monoisotopic (exact) mass is 677 g/mol. The predicted molar refractivity (Wildman–Crippen MR) is 189 cm³/mol. The third-order valence-corrected chi connectivity index (χ3v) is 11.7. The molecule has 2 aliphatic heterocycles. The van der Waals surface area contributed by atoms with Crippen molar-refractivity contribution in [1.29, 1.82) is 0 Å². The van der Waals surface area contributed by atoms with Crippen LogP contribution in [-0.2, 0) is 17.7 Å². The molecule has 2 saturated heterocycles.